The first-order valence-corrected chi connectivity index (χ1v) is 8.11. The molecule has 1 aromatic carbocycles. The molecule has 1 atom stereocenters. The van der Waals surface area contributed by atoms with Crippen molar-refractivity contribution in [1.29, 1.82) is 0 Å². The number of carbonyl (C=O) groups is 2. The molecule has 7 heteroatoms. The van der Waals surface area contributed by atoms with Gasteiger partial charge in [-0.2, -0.15) is 0 Å². The minimum atomic E-state index is -0.196. The van der Waals surface area contributed by atoms with Crippen LogP contribution in [-0.4, -0.2) is 30.9 Å². The summed E-state index contributed by atoms with van der Waals surface area (Å²) in [5.74, 6) is -0.252. The summed E-state index contributed by atoms with van der Waals surface area (Å²) in [6.07, 6.45) is 3.88. The van der Waals surface area contributed by atoms with E-state index in [0.717, 1.165) is 32.2 Å². The maximum atomic E-state index is 12.1. The van der Waals surface area contributed by atoms with E-state index in [4.69, 9.17) is 11.6 Å². The van der Waals surface area contributed by atoms with E-state index in [-0.39, 0.29) is 30.3 Å². The summed E-state index contributed by atoms with van der Waals surface area (Å²) >= 11 is 6.14. The van der Waals surface area contributed by atoms with E-state index in [9.17, 15) is 9.59 Å². The zero-order chi connectivity index (χ0) is 15.9. The summed E-state index contributed by atoms with van der Waals surface area (Å²) < 4.78 is 0. The first-order valence-electron chi connectivity index (χ1n) is 7.74. The van der Waals surface area contributed by atoms with Crippen molar-refractivity contribution in [2.45, 2.75) is 38.6 Å². The number of amides is 2. The topological polar surface area (TPSA) is 70.2 Å². The summed E-state index contributed by atoms with van der Waals surface area (Å²) in [5.41, 5.74) is 1.03. The molecule has 1 heterocycles. The Morgan fingerprint density at radius 2 is 2.13 bits per heavy atom. The smallest absolute Gasteiger partial charge is 0.252 e. The average molecular weight is 360 g/mol. The monoisotopic (exact) mass is 359 g/mol. The predicted molar refractivity (Wildman–Crippen MR) is 95.6 cm³/mol. The summed E-state index contributed by atoms with van der Waals surface area (Å²) in [5, 5.41) is 9.16. The predicted octanol–water partition coefficient (Wildman–Crippen LogP) is 2.98. The molecular formula is C16H23Cl2N3O2. The molecule has 0 aliphatic carbocycles. The number of halogens is 2. The van der Waals surface area contributed by atoms with Gasteiger partial charge in [-0.05, 0) is 44.0 Å². The van der Waals surface area contributed by atoms with Crippen molar-refractivity contribution >= 4 is 41.5 Å². The molecule has 0 aromatic heterocycles. The quantitative estimate of drug-likeness (QED) is 0.756. The molecule has 1 aromatic rings. The van der Waals surface area contributed by atoms with Crippen molar-refractivity contribution in [3.05, 3.63) is 28.8 Å². The highest BCUT2D eigenvalue weighted by Crippen LogP contribution is 2.21. The van der Waals surface area contributed by atoms with Gasteiger partial charge in [0.1, 0.15) is 0 Å². The van der Waals surface area contributed by atoms with Gasteiger partial charge in [-0.3, -0.25) is 9.59 Å². The van der Waals surface area contributed by atoms with Crippen LogP contribution in [0.15, 0.2) is 18.2 Å². The van der Waals surface area contributed by atoms with Crippen molar-refractivity contribution < 1.29 is 9.59 Å². The van der Waals surface area contributed by atoms with Gasteiger partial charge in [-0.15, -0.1) is 12.4 Å². The number of hydrogen-bond acceptors (Lipinski definition) is 3. The van der Waals surface area contributed by atoms with Crippen molar-refractivity contribution in [2.75, 3.05) is 18.4 Å². The van der Waals surface area contributed by atoms with Gasteiger partial charge in [0.15, 0.2) is 0 Å². The van der Waals surface area contributed by atoms with Gasteiger partial charge in [0.2, 0.25) is 5.91 Å². The number of nitrogens with one attached hydrogen (secondary N) is 3. The number of anilines is 1. The highest BCUT2D eigenvalue weighted by molar-refractivity contribution is 6.34. The molecule has 1 unspecified atom stereocenters. The van der Waals surface area contributed by atoms with Crippen LogP contribution in [0.1, 0.15) is 43.0 Å². The minimum absolute atomic E-state index is 0. The lowest BCUT2D eigenvalue weighted by Gasteiger charge is -2.22. The molecule has 1 aliphatic heterocycles. The minimum Gasteiger partial charge on any atom is -0.352 e. The molecule has 5 nitrogen and oxygen atoms in total. The molecular weight excluding hydrogens is 337 g/mol. The second kappa shape index (κ2) is 9.75. The van der Waals surface area contributed by atoms with Gasteiger partial charge < -0.3 is 16.0 Å². The molecule has 1 saturated heterocycles. The van der Waals surface area contributed by atoms with E-state index >= 15 is 0 Å². The molecule has 0 bridgehead atoms. The Morgan fingerprint density at radius 3 is 2.74 bits per heavy atom. The lowest BCUT2D eigenvalue weighted by Crippen LogP contribution is -2.43. The lowest BCUT2D eigenvalue weighted by atomic mass is 10.0. The second-order valence-corrected chi connectivity index (χ2v) is 5.85. The van der Waals surface area contributed by atoms with Crippen LogP contribution in [0.3, 0.4) is 0 Å². The molecule has 23 heavy (non-hydrogen) atoms. The standard InChI is InChI=1S/C16H22ClN3O2.ClH/c1-2-8-19-15(21)12-7-6-11(10-13(12)17)20-16(22)14-5-3-4-9-18-14;/h6-7,10,14,18H,2-5,8-9H2,1H3,(H,19,21)(H,20,22);1H. The number of piperidine rings is 1. The molecule has 0 saturated carbocycles. The van der Waals surface area contributed by atoms with Crippen LogP contribution < -0.4 is 16.0 Å². The van der Waals surface area contributed by atoms with Crippen LogP contribution >= 0.6 is 24.0 Å². The Kier molecular flexibility index (Phi) is 8.37. The maximum Gasteiger partial charge on any atom is 0.252 e. The number of carbonyl (C=O) groups excluding carboxylic acids is 2. The normalized spacial score (nSPS) is 17.0. The third-order valence-electron chi connectivity index (χ3n) is 3.64. The van der Waals surface area contributed by atoms with Crippen molar-refractivity contribution in [3.8, 4) is 0 Å². The largest absolute Gasteiger partial charge is 0.352 e. The first kappa shape index (κ1) is 19.7. The van der Waals surface area contributed by atoms with Gasteiger partial charge >= 0.3 is 0 Å². The summed E-state index contributed by atoms with van der Waals surface area (Å²) in [6.45, 7) is 3.47. The number of benzene rings is 1. The van der Waals surface area contributed by atoms with Crippen molar-refractivity contribution in [1.82, 2.24) is 10.6 Å². The second-order valence-electron chi connectivity index (χ2n) is 5.44. The molecule has 128 valence electrons. The fourth-order valence-electron chi connectivity index (χ4n) is 2.42. The van der Waals surface area contributed by atoms with Gasteiger partial charge in [0.05, 0.1) is 16.6 Å². The Hall–Kier alpha value is -1.30. The highest BCUT2D eigenvalue weighted by Gasteiger charge is 2.20. The van der Waals surface area contributed by atoms with E-state index < -0.39 is 0 Å². The average Bonchev–Trinajstić information content (AvgIpc) is 2.53. The lowest BCUT2D eigenvalue weighted by molar-refractivity contribution is -0.118. The van der Waals surface area contributed by atoms with Crippen LogP contribution in [0.2, 0.25) is 5.02 Å². The summed E-state index contributed by atoms with van der Waals surface area (Å²) in [4.78, 5) is 24.1. The zero-order valence-electron chi connectivity index (χ0n) is 13.2. The van der Waals surface area contributed by atoms with Crippen LogP contribution in [0.4, 0.5) is 5.69 Å². The molecule has 0 spiro atoms. The third kappa shape index (κ3) is 5.68. The molecule has 2 rings (SSSR count). The maximum absolute atomic E-state index is 12.1. The zero-order valence-corrected chi connectivity index (χ0v) is 14.7. The Bertz CT molecular complexity index is 546. The SMILES string of the molecule is CCCNC(=O)c1ccc(NC(=O)C2CCCCN2)cc1Cl.Cl. The summed E-state index contributed by atoms with van der Waals surface area (Å²) in [6, 6.07) is 4.80. The number of hydrogen-bond donors (Lipinski definition) is 3. The molecule has 1 aliphatic rings. The van der Waals surface area contributed by atoms with E-state index in [2.05, 4.69) is 16.0 Å². The van der Waals surface area contributed by atoms with Gasteiger partial charge in [0.25, 0.3) is 5.91 Å². The van der Waals surface area contributed by atoms with E-state index in [1.54, 1.807) is 18.2 Å². The van der Waals surface area contributed by atoms with E-state index in [0.29, 0.717) is 22.8 Å². The van der Waals surface area contributed by atoms with Crippen molar-refractivity contribution in [3.63, 3.8) is 0 Å². The van der Waals surface area contributed by atoms with Crippen LogP contribution in [-0.2, 0) is 4.79 Å². The fraction of sp³-hybridized carbons (Fsp3) is 0.500. The van der Waals surface area contributed by atoms with Gasteiger partial charge in [-0.1, -0.05) is 24.9 Å². The van der Waals surface area contributed by atoms with Crippen LogP contribution in [0.5, 0.6) is 0 Å². The van der Waals surface area contributed by atoms with Crippen molar-refractivity contribution in [2.24, 2.45) is 0 Å². The van der Waals surface area contributed by atoms with Gasteiger partial charge in [-0.25, -0.2) is 0 Å². The Morgan fingerprint density at radius 1 is 1.35 bits per heavy atom. The highest BCUT2D eigenvalue weighted by atomic mass is 35.5. The van der Waals surface area contributed by atoms with Gasteiger partial charge in [0, 0.05) is 12.2 Å². The van der Waals surface area contributed by atoms with Crippen LogP contribution in [0.25, 0.3) is 0 Å². The van der Waals surface area contributed by atoms with E-state index in [1.807, 2.05) is 6.92 Å². The fourth-order valence-corrected chi connectivity index (χ4v) is 2.68. The van der Waals surface area contributed by atoms with E-state index in [1.165, 1.54) is 0 Å². The molecule has 2 amide bonds. The Balaban J connectivity index is 0.00000264. The summed E-state index contributed by atoms with van der Waals surface area (Å²) in [7, 11) is 0. The molecule has 0 radical (unpaired) electrons. The first-order chi connectivity index (χ1) is 10.6. The third-order valence-corrected chi connectivity index (χ3v) is 3.96. The van der Waals surface area contributed by atoms with Crippen LogP contribution in [0, 0.1) is 0 Å². The Labute approximate surface area is 148 Å². The number of rotatable bonds is 5. The molecule has 3 N–H and O–H groups in total. The molecule has 1 fully saturated rings.